The van der Waals surface area contributed by atoms with Crippen LogP contribution in [-0.4, -0.2) is 78.3 Å². The van der Waals surface area contributed by atoms with Crippen LogP contribution in [0.1, 0.15) is 40.0 Å². The van der Waals surface area contributed by atoms with E-state index in [-0.39, 0.29) is 18.1 Å². The van der Waals surface area contributed by atoms with E-state index >= 15 is 0 Å². The Labute approximate surface area is 140 Å². The molecule has 2 bridgehead atoms. The van der Waals surface area contributed by atoms with Crippen LogP contribution in [-0.2, 0) is 4.74 Å². The van der Waals surface area contributed by atoms with Crippen molar-refractivity contribution in [3.8, 4) is 0 Å². The van der Waals surface area contributed by atoms with Crippen LogP contribution in [0, 0.1) is 16.7 Å². The first kappa shape index (κ1) is 17.6. The van der Waals surface area contributed by atoms with Crippen molar-refractivity contribution in [1.82, 2.24) is 9.80 Å². The fourth-order valence-corrected chi connectivity index (χ4v) is 5.13. The average molecular weight is 326 g/mol. The zero-order valence-corrected chi connectivity index (χ0v) is 15.0. The van der Waals surface area contributed by atoms with Crippen molar-refractivity contribution < 1.29 is 14.9 Å². The van der Waals surface area contributed by atoms with Crippen molar-refractivity contribution in [2.75, 3.05) is 45.9 Å². The zero-order chi connectivity index (χ0) is 16.7. The summed E-state index contributed by atoms with van der Waals surface area (Å²) in [4.78, 5) is 4.54. The fourth-order valence-electron chi connectivity index (χ4n) is 5.13. The van der Waals surface area contributed by atoms with Gasteiger partial charge < -0.3 is 14.9 Å². The van der Waals surface area contributed by atoms with Gasteiger partial charge in [-0.1, -0.05) is 20.8 Å². The van der Waals surface area contributed by atoms with Gasteiger partial charge in [0.15, 0.2) is 6.29 Å². The molecule has 1 aliphatic heterocycles. The molecule has 3 aliphatic rings. The van der Waals surface area contributed by atoms with E-state index in [2.05, 4.69) is 30.6 Å². The second-order valence-corrected chi connectivity index (χ2v) is 8.56. The van der Waals surface area contributed by atoms with Crippen LogP contribution in [0.15, 0.2) is 0 Å². The number of hydrogen-bond donors (Lipinski definition) is 2. The quantitative estimate of drug-likeness (QED) is 0.717. The maximum atomic E-state index is 10.4. The molecule has 2 saturated carbocycles. The molecule has 0 amide bonds. The van der Waals surface area contributed by atoms with Gasteiger partial charge in [0.25, 0.3) is 0 Å². The molecule has 0 aromatic carbocycles. The van der Waals surface area contributed by atoms with Crippen molar-refractivity contribution in [3.05, 3.63) is 0 Å². The minimum Gasteiger partial charge on any atom is -0.395 e. The maximum Gasteiger partial charge on any atom is 0.167 e. The number of aliphatic hydroxyl groups is 2. The van der Waals surface area contributed by atoms with E-state index in [0.717, 1.165) is 45.1 Å². The highest BCUT2D eigenvalue weighted by atomic mass is 16.6. The van der Waals surface area contributed by atoms with Gasteiger partial charge in [-0.05, 0) is 36.0 Å². The summed E-state index contributed by atoms with van der Waals surface area (Å²) in [6.45, 7) is 12.5. The third-order valence-electron chi connectivity index (χ3n) is 7.33. The molecule has 4 atom stereocenters. The number of piperazine rings is 1. The number of ether oxygens (including phenoxy) is 1. The van der Waals surface area contributed by atoms with Crippen LogP contribution in [0.4, 0.5) is 0 Å². The fraction of sp³-hybridized carbons (Fsp3) is 1.00. The van der Waals surface area contributed by atoms with E-state index in [4.69, 9.17) is 9.84 Å². The van der Waals surface area contributed by atoms with Crippen molar-refractivity contribution in [2.24, 2.45) is 16.7 Å². The van der Waals surface area contributed by atoms with Crippen LogP contribution < -0.4 is 0 Å². The van der Waals surface area contributed by atoms with Gasteiger partial charge in [-0.15, -0.1) is 0 Å². The van der Waals surface area contributed by atoms with Crippen molar-refractivity contribution in [1.29, 1.82) is 0 Å². The van der Waals surface area contributed by atoms with Gasteiger partial charge in [-0.3, -0.25) is 9.80 Å². The molecule has 23 heavy (non-hydrogen) atoms. The van der Waals surface area contributed by atoms with Crippen LogP contribution in [0.5, 0.6) is 0 Å². The van der Waals surface area contributed by atoms with E-state index in [0.29, 0.717) is 12.0 Å². The Kier molecular flexibility index (Phi) is 5.06. The molecule has 0 unspecified atom stereocenters. The van der Waals surface area contributed by atoms with E-state index in [1.165, 1.54) is 12.8 Å². The number of hydrogen-bond acceptors (Lipinski definition) is 5. The SMILES string of the molecule is CC1(C)[C@@H]2CC[C@]1(C)[C@H](O[C@H](O)CN1CCN(CCO)CC1)C2. The van der Waals surface area contributed by atoms with Crippen LogP contribution in [0.3, 0.4) is 0 Å². The molecule has 0 aromatic heterocycles. The summed E-state index contributed by atoms with van der Waals surface area (Å²) in [7, 11) is 0. The summed E-state index contributed by atoms with van der Waals surface area (Å²) >= 11 is 0. The summed E-state index contributed by atoms with van der Waals surface area (Å²) < 4.78 is 6.12. The lowest BCUT2D eigenvalue weighted by Crippen LogP contribution is -2.50. The summed E-state index contributed by atoms with van der Waals surface area (Å²) in [6.07, 6.45) is 3.15. The Bertz CT molecular complexity index is 409. The number of rotatable bonds is 6. The smallest absolute Gasteiger partial charge is 0.167 e. The van der Waals surface area contributed by atoms with Crippen LogP contribution >= 0.6 is 0 Å². The lowest BCUT2D eigenvalue weighted by Gasteiger charge is -2.40. The van der Waals surface area contributed by atoms with Crippen LogP contribution in [0.2, 0.25) is 0 Å². The zero-order valence-electron chi connectivity index (χ0n) is 15.0. The Balaban J connectivity index is 1.47. The lowest BCUT2D eigenvalue weighted by atomic mass is 9.70. The van der Waals surface area contributed by atoms with Gasteiger partial charge in [0.1, 0.15) is 0 Å². The largest absolute Gasteiger partial charge is 0.395 e. The second kappa shape index (κ2) is 6.60. The lowest BCUT2D eigenvalue weighted by molar-refractivity contribution is -0.181. The standard InChI is InChI=1S/C18H34N2O3/c1-17(2)14-4-5-18(17,3)15(12-14)23-16(22)13-20-8-6-19(7-9-20)10-11-21/h14-16,21-22H,4-13H2,1-3H3/t14-,15-,16+,18-/m1/s1. The third-order valence-corrected chi connectivity index (χ3v) is 7.33. The first-order valence-corrected chi connectivity index (χ1v) is 9.26. The Morgan fingerprint density at radius 1 is 1.13 bits per heavy atom. The predicted octanol–water partition coefficient (Wildman–Crippen LogP) is 1.15. The highest BCUT2D eigenvalue weighted by Gasteiger charge is 2.62. The first-order valence-electron chi connectivity index (χ1n) is 9.26. The maximum absolute atomic E-state index is 10.4. The van der Waals surface area contributed by atoms with Crippen LogP contribution in [0.25, 0.3) is 0 Å². The summed E-state index contributed by atoms with van der Waals surface area (Å²) in [5.74, 6) is 0.742. The van der Waals surface area contributed by atoms with Gasteiger partial charge in [0, 0.05) is 39.3 Å². The molecule has 2 N–H and O–H groups in total. The van der Waals surface area contributed by atoms with Crippen molar-refractivity contribution in [2.45, 2.75) is 52.4 Å². The molecule has 0 aromatic rings. The third kappa shape index (κ3) is 3.19. The highest BCUT2D eigenvalue weighted by molar-refractivity contribution is 5.11. The molecule has 134 valence electrons. The summed E-state index contributed by atoms with van der Waals surface area (Å²) in [5, 5.41) is 19.4. The molecule has 5 nitrogen and oxygen atoms in total. The van der Waals surface area contributed by atoms with E-state index in [9.17, 15) is 5.11 Å². The van der Waals surface area contributed by atoms with Gasteiger partial charge >= 0.3 is 0 Å². The predicted molar refractivity (Wildman–Crippen MR) is 90.1 cm³/mol. The molecule has 3 fully saturated rings. The van der Waals surface area contributed by atoms with Crippen molar-refractivity contribution >= 4 is 0 Å². The second-order valence-electron chi connectivity index (χ2n) is 8.56. The highest BCUT2D eigenvalue weighted by Crippen LogP contribution is 2.66. The van der Waals surface area contributed by atoms with E-state index < -0.39 is 6.29 Å². The molecule has 0 radical (unpaired) electrons. The molecular formula is C18H34N2O3. The molecule has 3 rings (SSSR count). The summed E-state index contributed by atoms with van der Waals surface area (Å²) in [5.41, 5.74) is 0.534. The average Bonchev–Trinajstić information content (AvgIpc) is 2.83. The number of β-amino-alcohol motifs (C(OH)–C–C–N with tert-alkyl or cyclic N) is 2. The monoisotopic (exact) mass is 326 g/mol. The normalized spacial score (nSPS) is 39.0. The van der Waals surface area contributed by atoms with Gasteiger partial charge in [0.2, 0.25) is 0 Å². The Hall–Kier alpha value is -0.200. The molecular weight excluding hydrogens is 292 g/mol. The summed E-state index contributed by atoms with van der Waals surface area (Å²) in [6, 6.07) is 0. The molecule has 1 heterocycles. The van der Waals surface area contributed by atoms with E-state index in [1.807, 2.05) is 0 Å². The van der Waals surface area contributed by atoms with E-state index in [1.54, 1.807) is 0 Å². The molecule has 1 saturated heterocycles. The Morgan fingerprint density at radius 2 is 1.78 bits per heavy atom. The number of fused-ring (bicyclic) bond motifs is 2. The number of nitrogens with zero attached hydrogens (tertiary/aromatic N) is 2. The molecule has 0 spiro atoms. The minimum atomic E-state index is -0.684. The first-order chi connectivity index (χ1) is 10.9. The Morgan fingerprint density at radius 3 is 2.30 bits per heavy atom. The minimum absolute atomic E-state index is 0.196. The van der Waals surface area contributed by atoms with Gasteiger partial charge in [0.05, 0.1) is 12.7 Å². The molecule has 2 aliphatic carbocycles. The molecule has 5 heteroatoms. The van der Waals surface area contributed by atoms with Gasteiger partial charge in [-0.25, -0.2) is 0 Å². The number of aliphatic hydroxyl groups excluding tert-OH is 2. The van der Waals surface area contributed by atoms with Crippen molar-refractivity contribution in [3.63, 3.8) is 0 Å². The van der Waals surface area contributed by atoms with Gasteiger partial charge in [-0.2, -0.15) is 0 Å². The topological polar surface area (TPSA) is 56.2 Å².